The lowest BCUT2D eigenvalue weighted by molar-refractivity contribution is 0.301. The fourth-order valence-corrected chi connectivity index (χ4v) is 3.08. The summed E-state index contributed by atoms with van der Waals surface area (Å²) in [6.07, 6.45) is 0. The second kappa shape index (κ2) is 8.07. The number of nitrogens with zero attached hydrogens (tertiary/aromatic N) is 2. The SMILES string of the molecule is Cc1cccc(-c2nc3ccccc3n2CCOc2ccccc2)c1.Cl. The Morgan fingerprint density at radius 1 is 0.885 bits per heavy atom. The van der Waals surface area contributed by atoms with Crippen LogP contribution in [0.5, 0.6) is 5.75 Å². The van der Waals surface area contributed by atoms with Crippen LogP contribution in [0.25, 0.3) is 22.4 Å². The molecule has 0 aliphatic rings. The van der Waals surface area contributed by atoms with E-state index in [1.54, 1.807) is 0 Å². The summed E-state index contributed by atoms with van der Waals surface area (Å²) in [5, 5.41) is 0. The maximum absolute atomic E-state index is 5.89. The van der Waals surface area contributed by atoms with E-state index in [1.807, 2.05) is 36.4 Å². The van der Waals surface area contributed by atoms with Crippen molar-refractivity contribution in [3.05, 3.63) is 84.4 Å². The highest BCUT2D eigenvalue weighted by Gasteiger charge is 2.12. The Morgan fingerprint density at radius 2 is 1.65 bits per heavy atom. The van der Waals surface area contributed by atoms with Gasteiger partial charge >= 0.3 is 0 Å². The van der Waals surface area contributed by atoms with Gasteiger partial charge in [0.15, 0.2) is 0 Å². The summed E-state index contributed by atoms with van der Waals surface area (Å²) in [5.74, 6) is 1.88. The molecule has 26 heavy (non-hydrogen) atoms. The summed E-state index contributed by atoms with van der Waals surface area (Å²) >= 11 is 0. The highest BCUT2D eigenvalue weighted by molar-refractivity contribution is 5.85. The zero-order valence-electron chi connectivity index (χ0n) is 14.6. The third-order valence-electron chi connectivity index (χ3n) is 4.26. The number of aryl methyl sites for hydroxylation is 1. The maximum atomic E-state index is 5.89. The van der Waals surface area contributed by atoms with Crippen LogP contribution >= 0.6 is 12.4 Å². The van der Waals surface area contributed by atoms with Crippen molar-refractivity contribution in [1.29, 1.82) is 0 Å². The molecule has 0 aliphatic carbocycles. The quantitative estimate of drug-likeness (QED) is 0.466. The minimum Gasteiger partial charge on any atom is -0.492 e. The second-order valence-corrected chi connectivity index (χ2v) is 6.11. The Hall–Kier alpha value is -2.78. The van der Waals surface area contributed by atoms with Gasteiger partial charge in [0, 0.05) is 5.56 Å². The Balaban J connectivity index is 0.00000196. The number of imidazole rings is 1. The highest BCUT2D eigenvalue weighted by atomic mass is 35.5. The van der Waals surface area contributed by atoms with Gasteiger partial charge in [-0.15, -0.1) is 12.4 Å². The Bertz CT molecular complexity index is 995. The van der Waals surface area contributed by atoms with Crippen LogP contribution < -0.4 is 4.74 Å². The fraction of sp³-hybridized carbons (Fsp3) is 0.136. The average molecular weight is 365 g/mol. The van der Waals surface area contributed by atoms with Crippen LogP contribution in [0.3, 0.4) is 0 Å². The molecule has 0 fully saturated rings. The second-order valence-electron chi connectivity index (χ2n) is 6.11. The molecule has 3 nitrogen and oxygen atoms in total. The van der Waals surface area contributed by atoms with Gasteiger partial charge in [-0.1, -0.05) is 54.1 Å². The van der Waals surface area contributed by atoms with Crippen molar-refractivity contribution < 1.29 is 4.74 Å². The third kappa shape index (κ3) is 3.73. The lowest BCUT2D eigenvalue weighted by Gasteiger charge is -2.11. The van der Waals surface area contributed by atoms with Crippen LogP contribution in [0.1, 0.15) is 5.56 Å². The molecule has 0 saturated carbocycles. The summed E-state index contributed by atoms with van der Waals surface area (Å²) in [7, 11) is 0. The summed E-state index contributed by atoms with van der Waals surface area (Å²) in [6.45, 7) is 3.46. The molecule has 0 amide bonds. The van der Waals surface area contributed by atoms with Crippen LogP contribution in [0.2, 0.25) is 0 Å². The number of hydrogen-bond donors (Lipinski definition) is 0. The molecular weight excluding hydrogens is 344 g/mol. The molecule has 4 heteroatoms. The zero-order chi connectivity index (χ0) is 17.1. The maximum Gasteiger partial charge on any atom is 0.141 e. The van der Waals surface area contributed by atoms with E-state index in [9.17, 15) is 0 Å². The van der Waals surface area contributed by atoms with E-state index in [0.717, 1.165) is 34.7 Å². The minimum atomic E-state index is 0. The largest absolute Gasteiger partial charge is 0.492 e. The third-order valence-corrected chi connectivity index (χ3v) is 4.26. The van der Waals surface area contributed by atoms with E-state index in [-0.39, 0.29) is 12.4 Å². The number of fused-ring (bicyclic) bond motifs is 1. The van der Waals surface area contributed by atoms with Crippen molar-refractivity contribution in [2.24, 2.45) is 0 Å². The van der Waals surface area contributed by atoms with Gasteiger partial charge in [-0.2, -0.15) is 0 Å². The van der Waals surface area contributed by atoms with Crippen molar-refractivity contribution in [3.63, 3.8) is 0 Å². The van der Waals surface area contributed by atoms with Crippen molar-refractivity contribution in [2.45, 2.75) is 13.5 Å². The molecule has 4 aromatic rings. The molecule has 1 heterocycles. The predicted octanol–water partition coefficient (Wildman–Crippen LogP) is 5.51. The van der Waals surface area contributed by atoms with Gasteiger partial charge in [0.25, 0.3) is 0 Å². The molecule has 0 bridgehead atoms. The van der Waals surface area contributed by atoms with Gasteiger partial charge in [0.1, 0.15) is 18.2 Å². The number of para-hydroxylation sites is 3. The van der Waals surface area contributed by atoms with E-state index in [0.29, 0.717) is 6.61 Å². The predicted molar refractivity (Wildman–Crippen MR) is 109 cm³/mol. The molecule has 0 aliphatic heterocycles. The number of aromatic nitrogens is 2. The Morgan fingerprint density at radius 3 is 2.46 bits per heavy atom. The Labute approximate surface area is 159 Å². The molecule has 0 spiro atoms. The van der Waals surface area contributed by atoms with Crippen molar-refractivity contribution >= 4 is 23.4 Å². The number of ether oxygens (including phenoxy) is 1. The van der Waals surface area contributed by atoms with Crippen LogP contribution in [0.4, 0.5) is 0 Å². The Kier molecular flexibility index (Phi) is 5.59. The lowest BCUT2D eigenvalue weighted by Crippen LogP contribution is -2.09. The summed E-state index contributed by atoms with van der Waals surface area (Å²) in [5.41, 5.74) is 4.52. The normalized spacial score (nSPS) is 10.5. The summed E-state index contributed by atoms with van der Waals surface area (Å²) in [6, 6.07) is 26.7. The van der Waals surface area contributed by atoms with Gasteiger partial charge in [0.2, 0.25) is 0 Å². The van der Waals surface area contributed by atoms with E-state index in [2.05, 4.69) is 54.0 Å². The van der Waals surface area contributed by atoms with Gasteiger partial charge in [-0.3, -0.25) is 0 Å². The minimum absolute atomic E-state index is 0. The first-order valence-electron chi connectivity index (χ1n) is 8.51. The molecule has 3 aromatic carbocycles. The standard InChI is InChI=1S/C22H20N2O.ClH/c1-17-8-7-9-18(16-17)22-23-20-12-5-6-13-21(20)24(22)14-15-25-19-10-3-2-4-11-19;/h2-13,16H,14-15H2,1H3;1H. The number of hydrogen-bond acceptors (Lipinski definition) is 2. The molecule has 0 radical (unpaired) electrons. The first-order chi connectivity index (χ1) is 12.3. The lowest BCUT2D eigenvalue weighted by atomic mass is 10.1. The summed E-state index contributed by atoms with van der Waals surface area (Å²) < 4.78 is 8.14. The number of halogens is 1. The van der Waals surface area contributed by atoms with Gasteiger partial charge in [-0.25, -0.2) is 4.98 Å². The monoisotopic (exact) mass is 364 g/mol. The van der Waals surface area contributed by atoms with Crippen molar-refractivity contribution in [1.82, 2.24) is 9.55 Å². The molecule has 0 atom stereocenters. The van der Waals surface area contributed by atoms with Crippen LogP contribution in [0, 0.1) is 6.92 Å². The van der Waals surface area contributed by atoms with Crippen LogP contribution in [0.15, 0.2) is 78.9 Å². The van der Waals surface area contributed by atoms with E-state index in [4.69, 9.17) is 9.72 Å². The molecule has 0 saturated heterocycles. The fourth-order valence-electron chi connectivity index (χ4n) is 3.08. The zero-order valence-corrected chi connectivity index (χ0v) is 15.4. The smallest absolute Gasteiger partial charge is 0.141 e. The number of rotatable bonds is 5. The van der Waals surface area contributed by atoms with Gasteiger partial charge in [0.05, 0.1) is 17.6 Å². The first-order valence-corrected chi connectivity index (χ1v) is 8.51. The molecular formula is C22H21ClN2O. The molecule has 132 valence electrons. The van der Waals surface area contributed by atoms with E-state index >= 15 is 0 Å². The molecule has 4 rings (SSSR count). The topological polar surface area (TPSA) is 27.1 Å². The van der Waals surface area contributed by atoms with Gasteiger partial charge in [-0.05, 0) is 37.3 Å². The number of benzene rings is 3. The molecule has 0 unspecified atom stereocenters. The highest BCUT2D eigenvalue weighted by Crippen LogP contribution is 2.25. The first kappa shape index (κ1) is 18.0. The van der Waals surface area contributed by atoms with E-state index in [1.165, 1.54) is 5.56 Å². The summed E-state index contributed by atoms with van der Waals surface area (Å²) in [4.78, 5) is 4.86. The van der Waals surface area contributed by atoms with E-state index < -0.39 is 0 Å². The van der Waals surface area contributed by atoms with Crippen LogP contribution in [-0.2, 0) is 6.54 Å². The van der Waals surface area contributed by atoms with Gasteiger partial charge < -0.3 is 9.30 Å². The van der Waals surface area contributed by atoms with Crippen molar-refractivity contribution in [3.8, 4) is 17.1 Å². The van der Waals surface area contributed by atoms with Crippen LogP contribution in [-0.4, -0.2) is 16.2 Å². The molecule has 1 aromatic heterocycles. The van der Waals surface area contributed by atoms with Crippen molar-refractivity contribution in [2.75, 3.05) is 6.61 Å². The molecule has 0 N–H and O–H groups in total. The average Bonchev–Trinajstić information content (AvgIpc) is 3.02.